The van der Waals surface area contributed by atoms with E-state index >= 15 is 0 Å². The lowest BCUT2D eigenvalue weighted by Crippen LogP contribution is -2.06. The van der Waals surface area contributed by atoms with Gasteiger partial charge in [-0.15, -0.1) is 0 Å². The maximum absolute atomic E-state index is 11.3. The Bertz CT molecular complexity index is 288. The van der Waals surface area contributed by atoms with Crippen LogP contribution in [0.1, 0.15) is 33.6 Å². The van der Waals surface area contributed by atoms with Crippen LogP contribution in [0, 0.1) is 0 Å². The van der Waals surface area contributed by atoms with E-state index in [1.54, 1.807) is 13.3 Å². The molecule has 0 atom stereocenters. The largest absolute Gasteiger partial charge is 0.298 e. The molecule has 0 fully saturated rings. The van der Waals surface area contributed by atoms with Crippen molar-refractivity contribution in [1.82, 2.24) is 0 Å². The number of rotatable bonds is 6. The highest BCUT2D eigenvalue weighted by atomic mass is 16.1. The molecule has 0 saturated heterocycles. The van der Waals surface area contributed by atoms with E-state index in [0.29, 0.717) is 6.42 Å². The van der Waals surface area contributed by atoms with Crippen LogP contribution >= 0.6 is 0 Å². The predicted octanol–water partition coefficient (Wildman–Crippen LogP) is 2.46. The number of carbonyl (C=O) groups is 1. The normalized spacial score (nSPS) is 13.6. The molecule has 0 bridgehead atoms. The Balaban J connectivity index is 4.36. The first-order valence-electron chi connectivity index (χ1n) is 5.27. The molecule has 0 aliphatic carbocycles. The van der Waals surface area contributed by atoms with Gasteiger partial charge in [0.25, 0.3) is 0 Å². The van der Waals surface area contributed by atoms with Crippen LogP contribution in [0.25, 0.3) is 0 Å². The Kier molecular flexibility index (Phi) is 7.42. The van der Waals surface area contributed by atoms with Gasteiger partial charge in [0.05, 0.1) is 6.54 Å². The van der Waals surface area contributed by atoms with E-state index in [0.717, 1.165) is 17.7 Å². The number of allylic oxidation sites excluding steroid dienone is 2. The molecular formula is C12H20N2O. The van der Waals surface area contributed by atoms with Crippen molar-refractivity contribution >= 4 is 17.7 Å². The van der Waals surface area contributed by atoms with Crippen molar-refractivity contribution < 1.29 is 4.79 Å². The summed E-state index contributed by atoms with van der Waals surface area (Å²) < 4.78 is 0. The monoisotopic (exact) mass is 208 g/mol. The van der Waals surface area contributed by atoms with Gasteiger partial charge in [0.2, 0.25) is 0 Å². The first-order valence-corrected chi connectivity index (χ1v) is 5.27. The molecule has 0 heterocycles. The molecule has 0 aromatic heterocycles. The van der Waals surface area contributed by atoms with Gasteiger partial charge in [-0.2, -0.15) is 0 Å². The average molecular weight is 208 g/mol. The molecular weight excluding hydrogens is 188 g/mol. The highest BCUT2D eigenvalue weighted by Gasteiger charge is 2.00. The molecule has 3 heteroatoms. The third kappa shape index (κ3) is 5.94. The number of aliphatic imine (C=N–C) groups is 2. The van der Waals surface area contributed by atoms with Gasteiger partial charge < -0.3 is 0 Å². The summed E-state index contributed by atoms with van der Waals surface area (Å²) in [5.74, 6) is 0.195. The summed E-state index contributed by atoms with van der Waals surface area (Å²) >= 11 is 0. The maximum atomic E-state index is 11.3. The number of ketones is 1. The molecule has 0 N–H and O–H groups in total. The smallest absolute Gasteiger partial charge is 0.154 e. The number of hydrogen-bond donors (Lipinski definition) is 0. The van der Waals surface area contributed by atoms with Gasteiger partial charge in [-0.1, -0.05) is 13.0 Å². The lowest BCUT2D eigenvalue weighted by atomic mass is 10.2. The summed E-state index contributed by atoms with van der Waals surface area (Å²) in [4.78, 5) is 19.4. The first-order chi connectivity index (χ1) is 7.15. The Morgan fingerprint density at radius 2 is 2.07 bits per heavy atom. The Hall–Kier alpha value is -1.25. The van der Waals surface area contributed by atoms with E-state index in [9.17, 15) is 4.79 Å². The zero-order valence-corrected chi connectivity index (χ0v) is 10.1. The van der Waals surface area contributed by atoms with Crippen LogP contribution in [0.3, 0.4) is 0 Å². The van der Waals surface area contributed by atoms with Crippen molar-refractivity contribution in [3.8, 4) is 0 Å². The fourth-order valence-electron chi connectivity index (χ4n) is 1.17. The standard InChI is InChI=1S/C12H20N2O/c1-5-7-12(15)9-14-10(3)11(6-2)8-13-4/h6,8H,5,7,9H2,1-4H3/b11-6-,13-8?,14-10?. The molecule has 84 valence electrons. The molecule has 15 heavy (non-hydrogen) atoms. The van der Waals surface area contributed by atoms with Crippen LogP contribution < -0.4 is 0 Å². The maximum Gasteiger partial charge on any atom is 0.154 e. The highest BCUT2D eigenvalue weighted by molar-refractivity contribution is 6.15. The van der Waals surface area contributed by atoms with Crippen molar-refractivity contribution in [2.75, 3.05) is 13.6 Å². The molecule has 0 aliphatic rings. The minimum Gasteiger partial charge on any atom is -0.298 e. The molecule has 0 aromatic rings. The summed E-state index contributed by atoms with van der Waals surface area (Å²) in [6.07, 6.45) is 5.20. The van der Waals surface area contributed by atoms with Crippen molar-refractivity contribution in [3.63, 3.8) is 0 Å². The minimum absolute atomic E-state index is 0.195. The Labute approximate surface area is 92.0 Å². The van der Waals surface area contributed by atoms with Crippen molar-refractivity contribution in [2.24, 2.45) is 9.98 Å². The van der Waals surface area contributed by atoms with Crippen LogP contribution in [-0.2, 0) is 4.79 Å². The van der Waals surface area contributed by atoms with Gasteiger partial charge in [0, 0.05) is 31.0 Å². The Morgan fingerprint density at radius 1 is 1.40 bits per heavy atom. The molecule has 0 spiro atoms. The minimum atomic E-state index is 0.195. The van der Waals surface area contributed by atoms with E-state index in [1.807, 2.05) is 26.8 Å². The zero-order chi connectivity index (χ0) is 11.7. The third-order valence-corrected chi connectivity index (χ3v) is 2.02. The van der Waals surface area contributed by atoms with E-state index in [4.69, 9.17) is 0 Å². The third-order valence-electron chi connectivity index (χ3n) is 2.02. The van der Waals surface area contributed by atoms with Crippen LogP contribution in [0.5, 0.6) is 0 Å². The SMILES string of the molecule is C/C=C(/C=NC)C(C)=NCC(=O)CCC. The summed E-state index contributed by atoms with van der Waals surface area (Å²) in [5.41, 5.74) is 1.84. The van der Waals surface area contributed by atoms with Gasteiger partial charge >= 0.3 is 0 Å². The molecule has 0 saturated carbocycles. The van der Waals surface area contributed by atoms with Crippen LogP contribution in [0.2, 0.25) is 0 Å². The van der Waals surface area contributed by atoms with Crippen molar-refractivity contribution in [1.29, 1.82) is 0 Å². The number of nitrogens with zero attached hydrogens (tertiary/aromatic N) is 2. The van der Waals surface area contributed by atoms with Crippen LogP contribution in [0.4, 0.5) is 0 Å². The highest BCUT2D eigenvalue weighted by Crippen LogP contribution is 1.97. The molecule has 0 amide bonds. The number of hydrogen-bond acceptors (Lipinski definition) is 3. The van der Waals surface area contributed by atoms with Gasteiger partial charge in [-0.05, 0) is 20.3 Å². The molecule has 0 rings (SSSR count). The summed E-state index contributed by atoms with van der Waals surface area (Å²) in [6.45, 7) is 6.12. The van der Waals surface area contributed by atoms with E-state index in [-0.39, 0.29) is 12.3 Å². The van der Waals surface area contributed by atoms with Crippen molar-refractivity contribution in [3.05, 3.63) is 11.6 Å². The van der Waals surface area contributed by atoms with Gasteiger partial charge in [0.1, 0.15) is 0 Å². The summed E-state index contributed by atoms with van der Waals surface area (Å²) in [7, 11) is 1.72. The second kappa shape index (κ2) is 8.09. The number of carbonyl (C=O) groups excluding carboxylic acids is 1. The lowest BCUT2D eigenvalue weighted by molar-refractivity contribution is -0.117. The lowest BCUT2D eigenvalue weighted by Gasteiger charge is -2.00. The van der Waals surface area contributed by atoms with Crippen LogP contribution in [-0.4, -0.2) is 31.3 Å². The van der Waals surface area contributed by atoms with E-state index < -0.39 is 0 Å². The zero-order valence-electron chi connectivity index (χ0n) is 10.1. The Morgan fingerprint density at radius 3 is 2.53 bits per heavy atom. The molecule has 0 unspecified atom stereocenters. The molecule has 3 nitrogen and oxygen atoms in total. The number of Topliss-reactive ketones (excluding diaryl/α,β-unsaturated/α-hetero) is 1. The molecule has 0 aromatic carbocycles. The van der Waals surface area contributed by atoms with Gasteiger partial charge in [-0.3, -0.25) is 14.8 Å². The molecule has 0 radical (unpaired) electrons. The second-order valence-corrected chi connectivity index (χ2v) is 3.32. The summed E-state index contributed by atoms with van der Waals surface area (Å²) in [6, 6.07) is 0. The first kappa shape index (κ1) is 13.8. The van der Waals surface area contributed by atoms with Gasteiger partial charge in [0.15, 0.2) is 5.78 Å². The van der Waals surface area contributed by atoms with Gasteiger partial charge in [-0.25, -0.2) is 0 Å². The van der Waals surface area contributed by atoms with Crippen molar-refractivity contribution in [2.45, 2.75) is 33.6 Å². The van der Waals surface area contributed by atoms with E-state index in [1.165, 1.54) is 0 Å². The predicted molar refractivity (Wildman–Crippen MR) is 66.1 cm³/mol. The topological polar surface area (TPSA) is 41.8 Å². The second-order valence-electron chi connectivity index (χ2n) is 3.32. The fraction of sp³-hybridized carbons (Fsp3) is 0.583. The van der Waals surface area contributed by atoms with E-state index in [2.05, 4.69) is 9.98 Å². The fourth-order valence-corrected chi connectivity index (χ4v) is 1.17. The summed E-state index contributed by atoms with van der Waals surface area (Å²) in [5, 5.41) is 0. The quantitative estimate of drug-likeness (QED) is 0.618. The molecule has 0 aliphatic heterocycles. The van der Waals surface area contributed by atoms with Crippen LogP contribution in [0.15, 0.2) is 21.6 Å². The average Bonchev–Trinajstić information content (AvgIpc) is 2.23.